The molecule has 0 bridgehead atoms. The van der Waals surface area contributed by atoms with Gasteiger partial charge in [0, 0.05) is 6.04 Å². The Morgan fingerprint density at radius 3 is 2.29 bits per heavy atom. The second kappa shape index (κ2) is 7.14. The average Bonchev–Trinajstić information content (AvgIpc) is 2.29. The van der Waals surface area contributed by atoms with E-state index in [1.807, 2.05) is 6.92 Å². The van der Waals surface area contributed by atoms with Gasteiger partial charge in [-0.05, 0) is 37.3 Å². The van der Waals surface area contributed by atoms with Crippen LogP contribution in [0.3, 0.4) is 0 Å². The van der Waals surface area contributed by atoms with Gasteiger partial charge in [-0.1, -0.05) is 44.0 Å². The molecule has 0 aliphatic heterocycles. The predicted octanol–water partition coefficient (Wildman–Crippen LogP) is 3.56. The van der Waals surface area contributed by atoms with Gasteiger partial charge in [0.1, 0.15) is 0 Å². The van der Waals surface area contributed by atoms with Crippen molar-refractivity contribution in [3.05, 3.63) is 35.4 Å². The topological polar surface area (TPSA) is 12.0 Å². The van der Waals surface area contributed by atoms with Gasteiger partial charge in [0.2, 0.25) is 0 Å². The molecule has 1 unspecified atom stereocenters. The first kappa shape index (κ1) is 13.8. The highest BCUT2D eigenvalue weighted by Gasteiger charge is 2.04. The van der Waals surface area contributed by atoms with Gasteiger partial charge in [-0.2, -0.15) is 0 Å². The molecule has 1 atom stereocenters. The lowest BCUT2D eigenvalue weighted by Crippen LogP contribution is -2.18. The van der Waals surface area contributed by atoms with Crippen molar-refractivity contribution in [1.82, 2.24) is 5.32 Å². The van der Waals surface area contributed by atoms with Crippen molar-refractivity contribution in [3.63, 3.8) is 0 Å². The third-order valence-electron chi connectivity index (χ3n) is 2.80. The highest BCUT2D eigenvalue weighted by atomic mass is 14.9. The normalized spacial score (nSPS) is 12.1. The molecule has 1 aromatic rings. The van der Waals surface area contributed by atoms with Crippen LogP contribution in [0.25, 0.3) is 0 Å². The molecule has 0 heterocycles. The minimum Gasteiger partial charge on any atom is -0.300 e. The Morgan fingerprint density at radius 2 is 1.76 bits per heavy atom. The quantitative estimate of drug-likeness (QED) is 0.761. The van der Waals surface area contributed by atoms with Crippen molar-refractivity contribution < 1.29 is 0 Å². The Kier molecular flexibility index (Phi) is 5.80. The minimum atomic E-state index is 0.365. The van der Waals surface area contributed by atoms with Crippen LogP contribution in [0.4, 0.5) is 0 Å². The van der Waals surface area contributed by atoms with E-state index in [4.69, 9.17) is 0 Å². The van der Waals surface area contributed by atoms with Gasteiger partial charge in [-0.25, -0.2) is 0 Å². The van der Waals surface area contributed by atoms with Gasteiger partial charge < -0.3 is 0 Å². The van der Waals surface area contributed by atoms with E-state index in [9.17, 15) is 0 Å². The molecular weight excluding hydrogens is 206 g/mol. The van der Waals surface area contributed by atoms with E-state index in [0.717, 1.165) is 18.9 Å². The fourth-order valence-corrected chi connectivity index (χ4v) is 1.82. The molecule has 0 fully saturated rings. The van der Waals surface area contributed by atoms with Crippen LogP contribution >= 0.6 is 0 Å². The fourth-order valence-electron chi connectivity index (χ4n) is 1.82. The van der Waals surface area contributed by atoms with Crippen LogP contribution in [-0.4, -0.2) is 6.54 Å². The van der Waals surface area contributed by atoms with Gasteiger partial charge in [-0.15, -0.1) is 5.92 Å². The molecule has 0 saturated heterocycles. The van der Waals surface area contributed by atoms with E-state index in [1.165, 1.54) is 11.1 Å². The second-order valence-electron chi connectivity index (χ2n) is 4.87. The van der Waals surface area contributed by atoms with E-state index in [0.29, 0.717) is 6.04 Å². The number of nitrogens with one attached hydrogen (secondary N) is 1. The lowest BCUT2D eigenvalue weighted by molar-refractivity contribution is 0.620. The molecular formula is C16H23N. The van der Waals surface area contributed by atoms with Crippen LogP contribution in [0.1, 0.15) is 44.9 Å². The zero-order valence-corrected chi connectivity index (χ0v) is 11.4. The van der Waals surface area contributed by atoms with Gasteiger partial charge in [0.25, 0.3) is 0 Å². The van der Waals surface area contributed by atoms with Gasteiger partial charge in [0.05, 0.1) is 6.54 Å². The van der Waals surface area contributed by atoms with Crippen LogP contribution in [0.2, 0.25) is 0 Å². The van der Waals surface area contributed by atoms with Gasteiger partial charge >= 0.3 is 0 Å². The lowest BCUT2D eigenvalue weighted by Gasteiger charge is -2.13. The summed E-state index contributed by atoms with van der Waals surface area (Å²) in [7, 11) is 0. The summed E-state index contributed by atoms with van der Waals surface area (Å²) in [5.74, 6) is 6.64. The summed E-state index contributed by atoms with van der Waals surface area (Å²) in [4.78, 5) is 0. The minimum absolute atomic E-state index is 0.365. The van der Waals surface area contributed by atoms with E-state index in [1.54, 1.807) is 0 Å². The van der Waals surface area contributed by atoms with Crippen LogP contribution < -0.4 is 5.32 Å². The standard InChI is InChI=1S/C16H23N/c1-5-6-11-17-14(4)16-9-7-15(8-10-16)12-13(2)3/h7-10,13-14,17H,11-12H2,1-4H3. The SMILES string of the molecule is CC#CCNC(C)c1ccc(CC(C)C)cc1. The van der Waals surface area contributed by atoms with Crippen LogP contribution in [0, 0.1) is 17.8 Å². The van der Waals surface area contributed by atoms with Crippen molar-refractivity contribution in [2.45, 2.75) is 40.2 Å². The Bertz CT molecular complexity index is 378. The molecule has 1 aromatic carbocycles. The summed E-state index contributed by atoms with van der Waals surface area (Å²) < 4.78 is 0. The third-order valence-corrected chi connectivity index (χ3v) is 2.80. The summed E-state index contributed by atoms with van der Waals surface area (Å²) in [6.07, 6.45) is 1.16. The van der Waals surface area contributed by atoms with Crippen molar-refractivity contribution in [2.75, 3.05) is 6.54 Å². The summed E-state index contributed by atoms with van der Waals surface area (Å²) in [6.45, 7) is 9.30. The van der Waals surface area contributed by atoms with E-state index < -0.39 is 0 Å². The molecule has 0 aromatic heterocycles. The van der Waals surface area contributed by atoms with Crippen molar-refractivity contribution in [3.8, 4) is 11.8 Å². The highest BCUT2D eigenvalue weighted by molar-refractivity contribution is 5.25. The molecule has 1 N–H and O–H groups in total. The first-order chi connectivity index (χ1) is 8.13. The maximum absolute atomic E-state index is 3.39. The molecule has 17 heavy (non-hydrogen) atoms. The maximum atomic E-state index is 3.39. The molecule has 92 valence electrons. The van der Waals surface area contributed by atoms with Crippen LogP contribution in [-0.2, 0) is 6.42 Å². The monoisotopic (exact) mass is 229 g/mol. The van der Waals surface area contributed by atoms with Crippen molar-refractivity contribution in [1.29, 1.82) is 0 Å². The molecule has 0 aliphatic carbocycles. The molecule has 0 spiro atoms. The molecule has 0 amide bonds. The molecule has 1 heteroatoms. The van der Waals surface area contributed by atoms with Crippen molar-refractivity contribution in [2.24, 2.45) is 5.92 Å². The number of benzene rings is 1. The number of rotatable bonds is 5. The number of hydrogen-bond donors (Lipinski definition) is 1. The summed E-state index contributed by atoms with van der Waals surface area (Å²) >= 11 is 0. The van der Waals surface area contributed by atoms with Crippen LogP contribution in [0.5, 0.6) is 0 Å². The predicted molar refractivity (Wildman–Crippen MR) is 74.9 cm³/mol. The lowest BCUT2D eigenvalue weighted by atomic mass is 10.00. The Hall–Kier alpha value is -1.26. The zero-order valence-electron chi connectivity index (χ0n) is 11.4. The Balaban J connectivity index is 2.56. The van der Waals surface area contributed by atoms with E-state index >= 15 is 0 Å². The first-order valence-electron chi connectivity index (χ1n) is 6.35. The molecule has 0 saturated carbocycles. The van der Waals surface area contributed by atoms with E-state index in [2.05, 4.69) is 62.2 Å². The molecule has 0 radical (unpaired) electrons. The first-order valence-corrected chi connectivity index (χ1v) is 6.35. The Labute approximate surface area is 106 Å². The molecule has 1 nitrogen and oxygen atoms in total. The van der Waals surface area contributed by atoms with Crippen LogP contribution in [0.15, 0.2) is 24.3 Å². The smallest absolute Gasteiger partial charge is 0.0581 e. The fraction of sp³-hybridized carbons (Fsp3) is 0.500. The highest BCUT2D eigenvalue weighted by Crippen LogP contribution is 2.15. The van der Waals surface area contributed by atoms with Gasteiger partial charge in [0.15, 0.2) is 0 Å². The second-order valence-corrected chi connectivity index (χ2v) is 4.87. The third kappa shape index (κ3) is 5.06. The average molecular weight is 229 g/mol. The molecule has 0 aliphatic rings. The Morgan fingerprint density at radius 1 is 1.12 bits per heavy atom. The zero-order chi connectivity index (χ0) is 12.7. The van der Waals surface area contributed by atoms with Crippen molar-refractivity contribution >= 4 is 0 Å². The summed E-state index contributed by atoms with van der Waals surface area (Å²) in [5.41, 5.74) is 2.75. The van der Waals surface area contributed by atoms with Gasteiger partial charge in [-0.3, -0.25) is 5.32 Å². The molecule has 1 rings (SSSR count). The summed E-state index contributed by atoms with van der Waals surface area (Å²) in [6, 6.07) is 9.27. The largest absolute Gasteiger partial charge is 0.300 e. The number of hydrogen-bond acceptors (Lipinski definition) is 1. The summed E-state index contributed by atoms with van der Waals surface area (Å²) in [5, 5.41) is 3.39. The maximum Gasteiger partial charge on any atom is 0.0581 e. The van der Waals surface area contributed by atoms with E-state index in [-0.39, 0.29) is 0 Å².